The van der Waals surface area contributed by atoms with Crippen molar-refractivity contribution in [1.29, 1.82) is 0 Å². The number of hydrogen-bond acceptors (Lipinski definition) is 3. The van der Waals surface area contributed by atoms with Crippen LogP contribution in [0.15, 0.2) is 57.9 Å². The summed E-state index contributed by atoms with van der Waals surface area (Å²) in [5.41, 5.74) is 1.70. The van der Waals surface area contributed by atoms with Gasteiger partial charge in [-0.25, -0.2) is 0 Å². The molecular weight excluding hydrogens is 344 g/mol. The molecule has 0 bridgehead atoms. The fourth-order valence-corrected chi connectivity index (χ4v) is 4.04. The minimum atomic E-state index is -0.383. The predicted molar refractivity (Wildman–Crippen MR) is 96.6 cm³/mol. The maximum absolute atomic E-state index is 12.5. The average Bonchev–Trinajstić information content (AvgIpc) is 3.14. The molecule has 4 nitrogen and oxygen atoms in total. The quantitative estimate of drug-likeness (QED) is 0.514. The Morgan fingerprint density at radius 1 is 1.25 bits per heavy atom. The first-order chi connectivity index (χ1) is 11.7. The summed E-state index contributed by atoms with van der Waals surface area (Å²) in [6, 6.07) is 14.9. The summed E-state index contributed by atoms with van der Waals surface area (Å²) in [6.07, 6.45) is 0. The van der Waals surface area contributed by atoms with E-state index < -0.39 is 0 Å². The monoisotopic (exact) mass is 356 g/mol. The van der Waals surface area contributed by atoms with Gasteiger partial charge in [0.1, 0.15) is 5.58 Å². The van der Waals surface area contributed by atoms with E-state index in [0.29, 0.717) is 22.0 Å². The molecule has 0 unspecified atom stereocenters. The van der Waals surface area contributed by atoms with Crippen LogP contribution >= 0.6 is 22.9 Å². The molecule has 24 heavy (non-hydrogen) atoms. The van der Waals surface area contributed by atoms with Crippen molar-refractivity contribution < 1.29 is 9.21 Å². The molecule has 120 valence electrons. The molecule has 2 heterocycles. The zero-order chi connectivity index (χ0) is 16.7. The first kappa shape index (κ1) is 15.2. The molecule has 0 aliphatic rings. The van der Waals surface area contributed by atoms with Gasteiger partial charge in [-0.1, -0.05) is 41.1 Å². The maximum atomic E-state index is 12.5. The van der Waals surface area contributed by atoms with E-state index in [9.17, 15) is 4.79 Å². The van der Waals surface area contributed by atoms with Crippen LogP contribution in [0.3, 0.4) is 0 Å². The molecular formula is C18H13ClN2O2S. The lowest BCUT2D eigenvalue weighted by Gasteiger charge is -1.99. The van der Waals surface area contributed by atoms with Gasteiger partial charge < -0.3 is 8.98 Å². The molecule has 0 spiro atoms. The van der Waals surface area contributed by atoms with Gasteiger partial charge in [0.25, 0.3) is 0 Å². The number of aromatic nitrogens is 1. The zero-order valence-electron chi connectivity index (χ0n) is 12.8. The Labute approximate surface area is 146 Å². The number of benzene rings is 2. The molecule has 1 amide bonds. The minimum absolute atomic E-state index is 0.245. The minimum Gasteiger partial charge on any atom is -0.451 e. The molecule has 0 atom stereocenters. The molecule has 0 fully saturated rings. The van der Waals surface area contributed by atoms with Gasteiger partial charge >= 0.3 is 5.91 Å². The van der Waals surface area contributed by atoms with Crippen molar-refractivity contribution in [2.24, 2.45) is 4.99 Å². The van der Waals surface area contributed by atoms with Crippen LogP contribution in [0, 0.1) is 0 Å². The van der Waals surface area contributed by atoms with Gasteiger partial charge in [0.15, 0.2) is 10.6 Å². The third-order valence-corrected chi connectivity index (χ3v) is 5.07. The normalized spacial score (nSPS) is 12.3. The van der Waals surface area contributed by atoms with Gasteiger partial charge in [-0.05, 0) is 37.3 Å². The molecule has 2 aromatic heterocycles. The van der Waals surface area contributed by atoms with Gasteiger partial charge in [0, 0.05) is 17.0 Å². The van der Waals surface area contributed by atoms with Crippen LogP contribution in [0.4, 0.5) is 0 Å². The number of thiazole rings is 1. The summed E-state index contributed by atoms with van der Waals surface area (Å²) >= 11 is 7.50. The smallest absolute Gasteiger partial charge is 0.315 e. The molecule has 4 aromatic rings. The molecule has 0 N–H and O–H groups in total. The van der Waals surface area contributed by atoms with Crippen LogP contribution < -0.4 is 4.80 Å². The molecule has 6 heteroatoms. The van der Waals surface area contributed by atoms with Gasteiger partial charge in [0.05, 0.1) is 10.2 Å². The molecule has 0 aliphatic heterocycles. The van der Waals surface area contributed by atoms with Crippen molar-refractivity contribution in [3.05, 3.63) is 64.1 Å². The highest BCUT2D eigenvalue weighted by molar-refractivity contribution is 7.16. The Morgan fingerprint density at radius 2 is 2.08 bits per heavy atom. The lowest BCUT2D eigenvalue weighted by molar-refractivity contribution is 0.0973. The third-order valence-electron chi connectivity index (χ3n) is 3.79. The van der Waals surface area contributed by atoms with Gasteiger partial charge in [-0.15, -0.1) is 0 Å². The van der Waals surface area contributed by atoms with Crippen molar-refractivity contribution in [2.45, 2.75) is 13.5 Å². The van der Waals surface area contributed by atoms with E-state index in [1.54, 1.807) is 6.07 Å². The second-order valence-corrected chi connectivity index (χ2v) is 6.75. The van der Waals surface area contributed by atoms with Gasteiger partial charge in [-0.2, -0.15) is 4.99 Å². The van der Waals surface area contributed by atoms with E-state index in [2.05, 4.69) is 4.99 Å². The molecule has 0 radical (unpaired) electrons. The second-order valence-electron chi connectivity index (χ2n) is 5.31. The predicted octanol–water partition coefficient (Wildman–Crippen LogP) is 4.86. The highest BCUT2D eigenvalue weighted by atomic mass is 35.5. The summed E-state index contributed by atoms with van der Waals surface area (Å²) in [5.74, 6) is -0.139. The zero-order valence-corrected chi connectivity index (χ0v) is 14.4. The van der Waals surface area contributed by atoms with E-state index in [-0.39, 0.29) is 11.7 Å². The Balaban J connectivity index is 1.84. The van der Waals surface area contributed by atoms with Crippen LogP contribution in [-0.2, 0) is 6.54 Å². The SMILES string of the molecule is CCn1c(=NC(=O)c2cc3ccccc3o2)sc2cc(Cl)ccc21. The van der Waals surface area contributed by atoms with Crippen LogP contribution in [-0.4, -0.2) is 10.5 Å². The number of para-hydroxylation sites is 1. The van der Waals surface area contributed by atoms with E-state index in [0.717, 1.165) is 15.6 Å². The number of carbonyl (C=O) groups is 1. The number of aryl methyl sites for hydroxylation is 1. The highest BCUT2D eigenvalue weighted by Gasteiger charge is 2.13. The number of furan rings is 1. The molecule has 4 rings (SSSR count). The van der Waals surface area contributed by atoms with E-state index >= 15 is 0 Å². The Morgan fingerprint density at radius 3 is 2.88 bits per heavy atom. The third kappa shape index (κ3) is 2.56. The summed E-state index contributed by atoms with van der Waals surface area (Å²) in [5, 5.41) is 1.56. The number of hydrogen-bond donors (Lipinski definition) is 0. The van der Waals surface area contributed by atoms with E-state index in [4.69, 9.17) is 16.0 Å². The second kappa shape index (κ2) is 5.92. The van der Waals surface area contributed by atoms with Crippen LogP contribution in [0.1, 0.15) is 17.5 Å². The lowest BCUT2D eigenvalue weighted by Crippen LogP contribution is -2.15. The summed E-state index contributed by atoms with van der Waals surface area (Å²) in [7, 11) is 0. The van der Waals surface area contributed by atoms with E-state index in [1.807, 2.05) is 54.0 Å². The van der Waals surface area contributed by atoms with Crippen molar-refractivity contribution in [3.63, 3.8) is 0 Å². The number of nitrogens with zero attached hydrogens (tertiary/aromatic N) is 2. The van der Waals surface area contributed by atoms with Crippen molar-refractivity contribution in [2.75, 3.05) is 0 Å². The van der Waals surface area contributed by atoms with Crippen LogP contribution in [0.5, 0.6) is 0 Å². The van der Waals surface area contributed by atoms with Crippen LogP contribution in [0.25, 0.3) is 21.2 Å². The first-order valence-corrected chi connectivity index (χ1v) is 8.71. The fourth-order valence-electron chi connectivity index (χ4n) is 2.67. The van der Waals surface area contributed by atoms with Crippen molar-refractivity contribution in [3.8, 4) is 0 Å². The first-order valence-electron chi connectivity index (χ1n) is 7.52. The summed E-state index contributed by atoms with van der Waals surface area (Å²) < 4.78 is 8.60. The van der Waals surface area contributed by atoms with Crippen LogP contribution in [0.2, 0.25) is 5.02 Å². The number of amides is 1. The lowest BCUT2D eigenvalue weighted by atomic mass is 10.2. The van der Waals surface area contributed by atoms with Crippen molar-refractivity contribution >= 4 is 50.0 Å². The van der Waals surface area contributed by atoms with E-state index in [1.165, 1.54) is 11.3 Å². The fraction of sp³-hybridized carbons (Fsp3) is 0.111. The standard InChI is InChI=1S/C18H13ClN2O2S/c1-2-21-13-8-7-12(19)10-16(13)24-18(21)20-17(22)15-9-11-5-3-4-6-14(11)23-15/h3-10H,2H2,1H3. The molecule has 0 aliphatic carbocycles. The number of rotatable bonds is 2. The van der Waals surface area contributed by atoms with Crippen molar-refractivity contribution in [1.82, 2.24) is 4.57 Å². The summed E-state index contributed by atoms with van der Waals surface area (Å²) in [6.45, 7) is 2.74. The Bertz CT molecular complexity index is 1100. The average molecular weight is 357 g/mol. The molecule has 0 saturated carbocycles. The largest absolute Gasteiger partial charge is 0.451 e. The number of halogens is 1. The Hall–Kier alpha value is -2.37. The number of carbonyl (C=O) groups excluding carboxylic acids is 1. The maximum Gasteiger partial charge on any atom is 0.315 e. The highest BCUT2D eigenvalue weighted by Crippen LogP contribution is 2.22. The Kier molecular flexibility index (Phi) is 3.75. The van der Waals surface area contributed by atoms with Gasteiger partial charge in [-0.3, -0.25) is 4.79 Å². The number of fused-ring (bicyclic) bond motifs is 2. The van der Waals surface area contributed by atoms with Gasteiger partial charge in [0.2, 0.25) is 0 Å². The summed E-state index contributed by atoms with van der Waals surface area (Å²) in [4.78, 5) is 17.4. The molecule has 2 aromatic carbocycles. The molecule has 0 saturated heterocycles. The topological polar surface area (TPSA) is 47.5 Å².